The zero-order valence-corrected chi connectivity index (χ0v) is 14.4. The molecular weight excluding hydrogens is 334 g/mol. The maximum absolute atomic E-state index is 10.2. The first-order chi connectivity index (χ1) is 12.7. The van der Waals surface area contributed by atoms with E-state index >= 15 is 0 Å². The molecule has 0 bridgehead atoms. The molecule has 7 nitrogen and oxygen atoms in total. The van der Waals surface area contributed by atoms with E-state index in [4.69, 9.17) is 15.0 Å². The summed E-state index contributed by atoms with van der Waals surface area (Å²) in [6, 6.07) is 19.0. The first-order valence-electron chi connectivity index (χ1n) is 8.35. The molecular formula is C19H23N3O4. The van der Waals surface area contributed by atoms with Gasteiger partial charge in [0.1, 0.15) is 12.2 Å². The van der Waals surface area contributed by atoms with Crippen molar-refractivity contribution in [1.82, 2.24) is 0 Å². The quantitative estimate of drug-likeness (QED) is 0.366. The second-order valence-corrected chi connectivity index (χ2v) is 5.76. The molecule has 0 spiro atoms. The average Bonchev–Trinajstić information content (AvgIpc) is 2.70. The number of benzene rings is 2. The maximum Gasteiger partial charge on any atom is 0.112 e. The largest absolute Gasteiger partial charge is 0.394 e. The van der Waals surface area contributed by atoms with Crippen LogP contribution in [0.1, 0.15) is 11.1 Å². The minimum atomic E-state index is -1.16. The average molecular weight is 357 g/mol. The van der Waals surface area contributed by atoms with E-state index in [1.54, 1.807) is 0 Å². The van der Waals surface area contributed by atoms with E-state index in [2.05, 4.69) is 10.0 Å². The third kappa shape index (κ3) is 6.48. The summed E-state index contributed by atoms with van der Waals surface area (Å²) in [5.74, 6) is 0. The third-order valence-corrected chi connectivity index (χ3v) is 3.85. The van der Waals surface area contributed by atoms with Crippen molar-refractivity contribution in [3.05, 3.63) is 82.2 Å². The molecule has 2 aromatic carbocycles. The van der Waals surface area contributed by atoms with Crippen LogP contribution in [-0.4, -0.2) is 41.7 Å². The highest BCUT2D eigenvalue weighted by Gasteiger charge is 2.29. The van der Waals surface area contributed by atoms with E-state index in [9.17, 15) is 10.2 Å². The second kappa shape index (κ2) is 11.3. The molecule has 0 fully saturated rings. The summed E-state index contributed by atoms with van der Waals surface area (Å²) >= 11 is 0. The van der Waals surface area contributed by atoms with Crippen LogP contribution >= 0.6 is 0 Å². The van der Waals surface area contributed by atoms with Gasteiger partial charge in [-0.3, -0.25) is 0 Å². The summed E-state index contributed by atoms with van der Waals surface area (Å²) in [4.78, 5) is 2.76. The number of ether oxygens (including phenoxy) is 2. The normalized spacial score (nSPS) is 14.2. The highest BCUT2D eigenvalue weighted by atomic mass is 16.5. The van der Waals surface area contributed by atoms with Gasteiger partial charge in [0.15, 0.2) is 0 Å². The molecule has 0 aromatic heterocycles. The highest BCUT2D eigenvalue weighted by molar-refractivity contribution is 5.14. The molecule has 138 valence electrons. The first kappa shape index (κ1) is 19.9. The molecule has 0 saturated heterocycles. The Morgan fingerprint density at radius 2 is 1.46 bits per heavy atom. The SMILES string of the molecule is [N-]=[N+]=NC[C@@H](OCc1ccccc1)[C@H](OCc1ccccc1)[C@H](O)CO. The van der Waals surface area contributed by atoms with Crippen molar-refractivity contribution in [2.24, 2.45) is 5.11 Å². The number of hydrogen-bond donors (Lipinski definition) is 2. The molecule has 2 aromatic rings. The second-order valence-electron chi connectivity index (χ2n) is 5.76. The molecule has 0 aliphatic carbocycles. The van der Waals surface area contributed by atoms with Gasteiger partial charge in [-0.05, 0) is 16.7 Å². The van der Waals surface area contributed by atoms with Gasteiger partial charge in [0.25, 0.3) is 0 Å². The van der Waals surface area contributed by atoms with Crippen LogP contribution in [0.25, 0.3) is 10.4 Å². The molecule has 0 aliphatic rings. The Kier molecular flexibility index (Phi) is 8.62. The molecule has 0 heterocycles. The fourth-order valence-electron chi connectivity index (χ4n) is 2.48. The number of hydrogen-bond acceptors (Lipinski definition) is 5. The smallest absolute Gasteiger partial charge is 0.112 e. The van der Waals surface area contributed by atoms with Crippen molar-refractivity contribution >= 4 is 0 Å². The number of azide groups is 1. The highest BCUT2D eigenvalue weighted by Crippen LogP contribution is 2.15. The van der Waals surface area contributed by atoms with Crippen molar-refractivity contribution < 1.29 is 19.7 Å². The number of aliphatic hydroxyl groups excluding tert-OH is 2. The van der Waals surface area contributed by atoms with Gasteiger partial charge in [0.2, 0.25) is 0 Å². The van der Waals surface area contributed by atoms with Gasteiger partial charge in [0, 0.05) is 4.91 Å². The fraction of sp³-hybridized carbons (Fsp3) is 0.368. The van der Waals surface area contributed by atoms with Crippen LogP contribution in [-0.2, 0) is 22.7 Å². The standard InChI is InChI=1S/C19H23N3O4/c20-22-21-11-18(25-13-15-7-3-1-4-8-15)19(17(24)12-23)26-14-16-9-5-2-6-10-16/h1-10,17-19,23-24H,11-14H2/t17-,18-,19-/m1/s1. The molecule has 0 radical (unpaired) electrons. The van der Waals surface area contributed by atoms with Crippen LogP contribution in [0.4, 0.5) is 0 Å². The van der Waals surface area contributed by atoms with Gasteiger partial charge >= 0.3 is 0 Å². The number of nitrogens with zero attached hydrogens (tertiary/aromatic N) is 3. The van der Waals surface area contributed by atoms with E-state index in [-0.39, 0.29) is 19.8 Å². The van der Waals surface area contributed by atoms with Crippen molar-refractivity contribution in [2.75, 3.05) is 13.2 Å². The van der Waals surface area contributed by atoms with Crippen LogP contribution in [0, 0.1) is 0 Å². The van der Waals surface area contributed by atoms with Crippen LogP contribution in [0.3, 0.4) is 0 Å². The third-order valence-electron chi connectivity index (χ3n) is 3.85. The van der Waals surface area contributed by atoms with Gasteiger partial charge in [-0.1, -0.05) is 65.8 Å². The monoisotopic (exact) mass is 357 g/mol. The predicted octanol–water partition coefficient (Wildman–Crippen LogP) is 2.82. The van der Waals surface area contributed by atoms with Gasteiger partial charge in [0.05, 0.1) is 32.5 Å². The minimum Gasteiger partial charge on any atom is -0.394 e. The molecule has 7 heteroatoms. The maximum atomic E-state index is 10.2. The fourth-order valence-corrected chi connectivity index (χ4v) is 2.48. The zero-order chi connectivity index (χ0) is 18.6. The van der Waals surface area contributed by atoms with E-state index < -0.39 is 24.9 Å². The summed E-state index contributed by atoms with van der Waals surface area (Å²) in [5.41, 5.74) is 10.5. The van der Waals surface area contributed by atoms with Gasteiger partial charge < -0.3 is 19.7 Å². The Morgan fingerprint density at radius 3 is 1.96 bits per heavy atom. The molecule has 3 atom stereocenters. The van der Waals surface area contributed by atoms with Crippen molar-refractivity contribution in [2.45, 2.75) is 31.5 Å². The Balaban J connectivity index is 2.07. The minimum absolute atomic E-state index is 0.0140. The molecule has 0 aliphatic heterocycles. The Labute approximate surface area is 152 Å². The molecule has 0 saturated carbocycles. The number of rotatable bonds is 11. The topological polar surface area (TPSA) is 108 Å². The van der Waals surface area contributed by atoms with Crippen LogP contribution in [0.15, 0.2) is 65.8 Å². The number of aliphatic hydroxyl groups is 2. The van der Waals surface area contributed by atoms with E-state index in [1.807, 2.05) is 60.7 Å². The van der Waals surface area contributed by atoms with Crippen LogP contribution in [0.2, 0.25) is 0 Å². The van der Waals surface area contributed by atoms with Crippen LogP contribution < -0.4 is 0 Å². The summed E-state index contributed by atoms with van der Waals surface area (Å²) in [7, 11) is 0. The molecule has 26 heavy (non-hydrogen) atoms. The lowest BCUT2D eigenvalue weighted by Gasteiger charge is -2.29. The summed E-state index contributed by atoms with van der Waals surface area (Å²) in [5, 5.41) is 23.1. The van der Waals surface area contributed by atoms with Crippen molar-refractivity contribution in [3.8, 4) is 0 Å². The van der Waals surface area contributed by atoms with Gasteiger partial charge in [-0.2, -0.15) is 0 Å². The lowest BCUT2D eigenvalue weighted by atomic mass is 10.1. The lowest BCUT2D eigenvalue weighted by Crippen LogP contribution is -2.44. The lowest BCUT2D eigenvalue weighted by molar-refractivity contribution is -0.137. The Morgan fingerprint density at radius 1 is 0.923 bits per heavy atom. The Hall–Kier alpha value is -2.41. The van der Waals surface area contributed by atoms with Crippen molar-refractivity contribution in [3.63, 3.8) is 0 Å². The van der Waals surface area contributed by atoms with E-state index in [1.165, 1.54) is 0 Å². The van der Waals surface area contributed by atoms with Gasteiger partial charge in [-0.25, -0.2) is 0 Å². The predicted molar refractivity (Wildman–Crippen MR) is 97.1 cm³/mol. The van der Waals surface area contributed by atoms with Gasteiger partial charge in [-0.15, -0.1) is 0 Å². The van der Waals surface area contributed by atoms with E-state index in [0.29, 0.717) is 0 Å². The molecule has 0 amide bonds. The zero-order valence-electron chi connectivity index (χ0n) is 14.4. The summed E-state index contributed by atoms with van der Waals surface area (Å²) < 4.78 is 11.7. The summed E-state index contributed by atoms with van der Waals surface area (Å²) in [6.07, 6.45) is -2.69. The molecule has 2 N–H and O–H groups in total. The van der Waals surface area contributed by atoms with Crippen LogP contribution in [0.5, 0.6) is 0 Å². The summed E-state index contributed by atoms with van der Waals surface area (Å²) in [6.45, 7) is 0.0145. The van der Waals surface area contributed by atoms with E-state index in [0.717, 1.165) is 11.1 Å². The van der Waals surface area contributed by atoms with Crippen molar-refractivity contribution in [1.29, 1.82) is 0 Å². The molecule has 0 unspecified atom stereocenters. The molecule has 2 rings (SSSR count). The first-order valence-corrected chi connectivity index (χ1v) is 8.35. The Bertz CT molecular complexity index is 678.